The molecule has 104 valence electrons. The highest BCUT2D eigenvalue weighted by Crippen LogP contribution is 2.16. The van der Waals surface area contributed by atoms with E-state index in [-0.39, 0.29) is 0 Å². The molecule has 0 aromatic carbocycles. The zero-order chi connectivity index (χ0) is 13.2. The van der Waals surface area contributed by atoms with Crippen molar-refractivity contribution < 1.29 is 4.74 Å². The predicted molar refractivity (Wildman–Crippen MR) is 80.7 cm³/mol. The lowest BCUT2D eigenvalue weighted by Gasteiger charge is -2.26. The highest BCUT2D eigenvalue weighted by atomic mass is 32.2. The van der Waals surface area contributed by atoms with Crippen molar-refractivity contribution in [3.8, 4) is 0 Å². The first-order valence-corrected chi connectivity index (χ1v) is 7.65. The van der Waals surface area contributed by atoms with Crippen LogP contribution in [0.3, 0.4) is 0 Å². The summed E-state index contributed by atoms with van der Waals surface area (Å²) in [5.41, 5.74) is 1.43. The van der Waals surface area contributed by atoms with Crippen LogP contribution < -0.4 is 5.32 Å². The van der Waals surface area contributed by atoms with Crippen LogP contribution in [0.4, 0.5) is 0 Å². The van der Waals surface area contributed by atoms with Crippen molar-refractivity contribution in [3.63, 3.8) is 0 Å². The van der Waals surface area contributed by atoms with Gasteiger partial charge in [0.15, 0.2) is 0 Å². The van der Waals surface area contributed by atoms with Crippen LogP contribution in [0, 0.1) is 0 Å². The van der Waals surface area contributed by atoms with E-state index in [1.807, 2.05) is 0 Å². The van der Waals surface area contributed by atoms with Crippen LogP contribution in [0.1, 0.15) is 26.7 Å². The number of nitrogens with zero attached hydrogens (tertiary/aromatic N) is 1. The average molecular weight is 270 g/mol. The molecule has 0 spiro atoms. The Bertz CT molecular complexity index is 273. The lowest BCUT2D eigenvalue weighted by atomic mass is 10.2. The van der Waals surface area contributed by atoms with Crippen molar-refractivity contribution in [1.82, 2.24) is 10.2 Å². The summed E-state index contributed by atoms with van der Waals surface area (Å²) in [5, 5.41) is 6.61. The van der Waals surface area contributed by atoms with Crippen LogP contribution in [0.5, 0.6) is 0 Å². The van der Waals surface area contributed by atoms with E-state index in [4.69, 9.17) is 4.74 Å². The molecule has 0 aromatic heterocycles. The number of rotatable bonds is 8. The zero-order valence-corrected chi connectivity index (χ0v) is 12.5. The maximum absolute atomic E-state index is 5.32. The van der Waals surface area contributed by atoms with Gasteiger partial charge < -0.3 is 10.1 Å². The second kappa shape index (κ2) is 9.48. The van der Waals surface area contributed by atoms with E-state index in [0.717, 1.165) is 44.4 Å². The minimum absolute atomic E-state index is 0.870. The van der Waals surface area contributed by atoms with Gasteiger partial charge in [0.2, 0.25) is 0 Å². The Kier molecular flexibility index (Phi) is 8.22. The quantitative estimate of drug-likeness (QED) is 0.733. The summed E-state index contributed by atoms with van der Waals surface area (Å²) >= 11 is 1.70. The lowest BCUT2D eigenvalue weighted by molar-refractivity contribution is 0.0388. The Hall–Kier alpha value is -0.450. The van der Waals surface area contributed by atoms with Crippen LogP contribution in [-0.2, 0) is 4.74 Å². The minimum Gasteiger partial charge on any atom is -0.379 e. The number of hydrogen-bond acceptors (Lipinski definition) is 4. The normalized spacial score (nSPS) is 17.8. The number of allylic oxidation sites excluding steroid dienone is 1. The Morgan fingerprint density at radius 3 is 2.83 bits per heavy atom. The third-order valence-electron chi connectivity index (χ3n) is 2.90. The van der Waals surface area contributed by atoms with E-state index >= 15 is 0 Å². The number of hydrogen-bond donors (Lipinski definition) is 1. The molecule has 0 bridgehead atoms. The van der Waals surface area contributed by atoms with Gasteiger partial charge in [-0.05, 0) is 18.8 Å². The number of thioether (sulfide) groups is 1. The first-order chi connectivity index (χ1) is 8.72. The van der Waals surface area contributed by atoms with Crippen molar-refractivity contribution in [2.24, 2.45) is 0 Å². The van der Waals surface area contributed by atoms with Gasteiger partial charge in [0.25, 0.3) is 0 Å². The van der Waals surface area contributed by atoms with Crippen LogP contribution >= 0.6 is 11.8 Å². The van der Waals surface area contributed by atoms with Crippen molar-refractivity contribution >= 4 is 11.8 Å². The molecule has 3 nitrogen and oxygen atoms in total. The Morgan fingerprint density at radius 1 is 1.44 bits per heavy atom. The number of morpholine rings is 1. The van der Waals surface area contributed by atoms with Gasteiger partial charge in [-0.3, -0.25) is 4.90 Å². The molecule has 1 aliphatic rings. The number of ether oxygens (including phenoxy) is 1. The van der Waals surface area contributed by atoms with Crippen molar-refractivity contribution in [1.29, 1.82) is 0 Å². The SMILES string of the molecule is C=C(NCCN1CCOCC1)S/C=C(/C)CCC. The average Bonchev–Trinajstić information content (AvgIpc) is 2.38. The van der Waals surface area contributed by atoms with Gasteiger partial charge >= 0.3 is 0 Å². The molecule has 18 heavy (non-hydrogen) atoms. The molecule has 0 aliphatic carbocycles. The molecular formula is C14H26N2OS. The van der Waals surface area contributed by atoms with Gasteiger partial charge in [-0.15, -0.1) is 0 Å². The fourth-order valence-electron chi connectivity index (χ4n) is 1.84. The molecule has 0 aromatic rings. The molecule has 0 saturated carbocycles. The van der Waals surface area contributed by atoms with E-state index in [0.29, 0.717) is 0 Å². The second-order valence-electron chi connectivity index (χ2n) is 4.64. The fourth-order valence-corrected chi connectivity index (χ4v) is 2.49. The molecule has 0 radical (unpaired) electrons. The molecule has 1 aliphatic heterocycles. The molecule has 1 saturated heterocycles. The summed E-state index contributed by atoms with van der Waals surface area (Å²) in [4.78, 5) is 2.42. The van der Waals surface area contributed by atoms with E-state index < -0.39 is 0 Å². The third-order valence-corrected chi connectivity index (χ3v) is 3.85. The van der Waals surface area contributed by atoms with Gasteiger partial charge in [-0.25, -0.2) is 0 Å². The largest absolute Gasteiger partial charge is 0.379 e. The minimum atomic E-state index is 0.870. The van der Waals surface area contributed by atoms with Crippen LogP contribution in [0.15, 0.2) is 22.6 Å². The van der Waals surface area contributed by atoms with E-state index in [1.54, 1.807) is 11.8 Å². The maximum atomic E-state index is 5.32. The Morgan fingerprint density at radius 2 is 2.17 bits per heavy atom. The second-order valence-corrected chi connectivity index (χ2v) is 5.60. The third kappa shape index (κ3) is 7.09. The van der Waals surface area contributed by atoms with Crippen LogP contribution in [-0.4, -0.2) is 44.3 Å². The number of nitrogens with one attached hydrogen (secondary N) is 1. The molecule has 0 unspecified atom stereocenters. The van der Waals surface area contributed by atoms with E-state index in [1.165, 1.54) is 18.4 Å². The van der Waals surface area contributed by atoms with E-state index in [9.17, 15) is 0 Å². The Labute approximate surface area is 116 Å². The molecule has 0 amide bonds. The van der Waals surface area contributed by atoms with Gasteiger partial charge in [0, 0.05) is 26.2 Å². The lowest BCUT2D eigenvalue weighted by Crippen LogP contribution is -2.39. The zero-order valence-electron chi connectivity index (χ0n) is 11.7. The highest BCUT2D eigenvalue weighted by Gasteiger charge is 2.08. The summed E-state index contributed by atoms with van der Waals surface area (Å²) in [5.74, 6) is 0. The van der Waals surface area contributed by atoms with Crippen molar-refractivity contribution in [3.05, 3.63) is 22.6 Å². The summed E-state index contributed by atoms with van der Waals surface area (Å²) < 4.78 is 5.32. The molecule has 0 atom stereocenters. The van der Waals surface area contributed by atoms with Crippen molar-refractivity contribution in [2.45, 2.75) is 26.7 Å². The molecular weight excluding hydrogens is 244 g/mol. The molecule has 1 heterocycles. The standard InChI is InChI=1S/C14H26N2OS/c1-4-5-13(2)12-18-14(3)15-6-7-16-8-10-17-11-9-16/h12,15H,3-11H2,1-2H3/b13-12-. The van der Waals surface area contributed by atoms with Gasteiger partial charge in [0.1, 0.15) is 0 Å². The monoisotopic (exact) mass is 270 g/mol. The summed E-state index contributed by atoms with van der Waals surface area (Å²) in [7, 11) is 0. The van der Waals surface area contributed by atoms with Gasteiger partial charge in [0.05, 0.1) is 18.2 Å². The van der Waals surface area contributed by atoms with Gasteiger partial charge in [-0.1, -0.05) is 37.3 Å². The first-order valence-electron chi connectivity index (χ1n) is 6.77. The predicted octanol–water partition coefficient (Wildman–Crippen LogP) is 2.82. The van der Waals surface area contributed by atoms with E-state index in [2.05, 4.69) is 36.1 Å². The van der Waals surface area contributed by atoms with Gasteiger partial charge in [-0.2, -0.15) is 0 Å². The summed E-state index contributed by atoms with van der Waals surface area (Å²) in [6, 6.07) is 0. The highest BCUT2D eigenvalue weighted by molar-refractivity contribution is 8.05. The molecule has 4 heteroatoms. The molecule has 1 rings (SSSR count). The van der Waals surface area contributed by atoms with Crippen LogP contribution in [0.2, 0.25) is 0 Å². The fraction of sp³-hybridized carbons (Fsp3) is 0.714. The summed E-state index contributed by atoms with van der Waals surface area (Å²) in [6.45, 7) is 14.3. The van der Waals surface area contributed by atoms with Crippen molar-refractivity contribution in [2.75, 3.05) is 39.4 Å². The van der Waals surface area contributed by atoms with Crippen LogP contribution in [0.25, 0.3) is 0 Å². The topological polar surface area (TPSA) is 24.5 Å². The Balaban J connectivity index is 2.07. The molecule has 1 N–H and O–H groups in total. The summed E-state index contributed by atoms with van der Waals surface area (Å²) in [6.07, 6.45) is 2.38. The maximum Gasteiger partial charge on any atom is 0.0651 e. The molecule has 1 fully saturated rings. The smallest absolute Gasteiger partial charge is 0.0651 e. The first kappa shape index (κ1) is 15.6.